The van der Waals surface area contributed by atoms with E-state index in [9.17, 15) is 9.90 Å². The lowest BCUT2D eigenvalue weighted by Crippen LogP contribution is -2.49. The fourth-order valence-electron chi connectivity index (χ4n) is 6.77. The minimum Gasteiger partial charge on any atom is -0.505 e. The van der Waals surface area contributed by atoms with Gasteiger partial charge in [0.05, 0.1) is 16.4 Å². The molecule has 0 saturated carbocycles. The van der Waals surface area contributed by atoms with Gasteiger partial charge in [0, 0.05) is 88.3 Å². The van der Waals surface area contributed by atoms with E-state index >= 15 is 0 Å². The van der Waals surface area contributed by atoms with Crippen LogP contribution in [0.3, 0.4) is 0 Å². The van der Waals surface area contributed by atoms with Crippen molar-refractivity contribution in [1.82, 2.24) is 19.8 Å². The van der Waals surface area contributed by atoms with Crippen LogP contribution in [0.1, 0.15) is 38.8 Å². The molecule has 2 aromatic heterocycles. The molecule has 4 heterocycles. The Hall–Kier alpha value is -3.82. The van der Waals surface area contributed by atoms with E-state index in [0.717, 1.165) is 54.4 Å². The number of carbonyl (C=O) groups is 1. The van der Waals surface area contributed by atoms with Gasteiger partial charge in [-0.15, -0.1) is 0 Å². The highest BCUT2D eigenvalue weighted by atomic mass is 35.5. The van der Waals surface area contributed by atoms with E-state index in [4.69, 9.17) is 21.6 Å². The van der Waals surface area contributed by atoms with Crippen LogP contribution in [0.5, 0.6) is 5.75 Å². The molecule has 2 aliphatic rings. The van der Waals surface area contributed by atoms with Crippen LogP contribution in [0.25, 0.3) is 22.4 Å². The Morgan fingerprint density at radius 1 is 1.05 bits per heavy atom. The molecule has 9 nitrogen and oxygen atoms in total. The zero-order valence-corrected chi connectivity index (χ0v) is 27.6. The molecule has 1 spiro atoms. The summed E-state index contributed by atoms with van der Waals surface area (Å²) in [6.45, 7) is 9.58. The third-order valence-electron chi connectivity index (χ3n) is 8.79. The fourth-order valence-corrected chi connectivity index (χ4v) is 7.05. The van der Waals surface area contributed by atoms with Gasteiger partial charge >= 0.3 is 0 Å². The van der Waals surface area contributed by atoms with Gasteiger partial charge in [0.15, 0.2) is 5.82 Å². The van der Waals surface area contributed by atoms with Gasteiger partial charge in [-0.25, -0.2) is 9.97 Å². The molecule has 0 aliphatic carbocycles. The average molecular weight is 618 g/mol. The summed E-state index contributed by atoms with van der Waals surface area (Å²) in [7, 11) is 7.78. The molecule has 1 unspecified atom stereocenters. The molecule has 2 fully saturated rings. The van der Waals surface area contributed by atoms with Crippen molar-refractivity contribution in [3.63, 3.8) is 0 Å². The summed E-state index contributed by atoms with van der Waals surface area (Å²) in [6, 6.07) is 9.88. The maximum atomic E-state index is 11.8. The van der Waals surface area contributed by atoms with Gasteiger partial charge in [-0.3, -0.25) is 14.6 Å². The predicted molar refractivity (Wildman–Crippen MR) is 181 cm³/mol. The number of aromatic hydroxyl groups is 1. The van der Waals surface area contributed by atoms with Crippen molar-refractivity contribution in [3.05, 3.63) is 59.6 Å². The molecule has 1 aromatic carbocycles. The second-order valence-corrected chi connectivity index (χ2v) is 13.1. The first kappa shape index (κ1) is 31.6. The summed E-state index contributed by atoms with van der Waals surface area (Å²) in [5.74, 6) is 0.960. The quantitative estimate of drug-likeness (QED) is 0.293. The SMILES string of the molecule is Cc1cc(-c2ccc(N(C=O)/C=C\N(C)C)c(Cl)c2)c(O)c(-c2cnc(N(C)C)c(N3CCC4(CCCN4C(C)C)C3)c2)n1. The van der Waals surface area contributed by atoms with E-state index in [2.05, 4.69) is 29.7 Å². The Morgan fingerprint density at radius 3 is 2.48 bits per heavy atom. The lowest BCUT2D eigenvalue weighted by molar-refractivity contribution is -0.106. The van der Waals surface area contributed by atoms with Crippen molar-refractivity contribution in [2.45, 2.75) is 51.6 Å². The fraction of sp³-hybridized carbons (Fsp3) is 0.441. The standard InChI is InChI=1S/C34H44ClN7O2/c1-23(2)42-13-8-11-34(42)12-14-40(21-34)30-19-26(20-36-33(30)39(6)7)31-32(44)27(17-24(3)37-31)25-9-10-29(28(35)18-25)41(22-43)16-15-38(4)5/h9-10,15-20,22-23,44H,8,11-14,21H2,1-7H3/b16-15-. The Kier molecular flexibility index (Phi) is 9.09. The molecule has 3 aromatic rings. The number of amides is 1. The third-order valence-corrected chi connectivity index (χ3v) is 9.09. The van der Waals surface area contributed by atoms with Gasteiger partial charge in [-0.05, 0) is 76.4 Å². The summed E-state index contributed by atoms with van der Waals surface area (Å²) in [5, 5.41) is 12.0. The van der Waals surface area contributed by atoms with Crippen molar-refractivity contribution in [1.29, 1.82) is 0 Å². The van der Waals surface area contributed by atoms with Crippen molar-refractivity contribution in [2.24, 2.45) is 0 Å². The van der Waals surface area contributed by atoms with Gasteiger partial charge in [0.25, 0.3) is 0 Å². The van der Waals surface area contributed by atoms with Crippen LogP contribution >= 0.6 is 11.6 Å². The minimum absolute atomic E-state index is 0.0594. The molecule has 234 valence electrons. The van der Waals surface area contributed by atoms with E-state index in [0.29, 0.717) is 34.4 Å². The van der Waals surface area contributed by atoms with Crippen molar-refractivity contribution in [3.8, 4) is 28.1 Å². The first-order valence-electron chi connectivity index (χ1n) is 15.2. The molecule has 1 amide bonds. The highest BCUT2D eigenvalue weighted by Crippen LogP contribution is 2.44. The number of halogens is 1. The second-order valence-electron chi connectivity index (χ2n) is 12.7. The Balaban J connectivity index is 1.52. The van der Waals surface area contributed by atoms with Gasteiger partial charge in [0.2, 0.25) is 6.41 Å². The van der Waals surface area contributed by atoms with Crippen LogP contribution < -0.4 is 14.7 Å². The average Bonchev–Trinajstić information content (AvgIpc) is 3.61. The van der Waals surface area contributed by atoms with Crippen LogP contribution in [0.15, 0.2) is 48.9 Å². The number of aryl methyl sites for hydroxylation is 1. The summed E-state index contributed by atoms with van der Waals surface area (Å²) < 4.78 is 0. The van der Waals surface area contributed by atoms with E-state index in [1.807, 2.05) is 57.0 Å². The summed E-state index contributed by atoms with van der Waals surface area (Å²) >= 11 is 6.67. The first-order valence-corrected chi connectivity index (χ1v) is 15.6. The van der Waals surface area contributed by atoms with Crippen LogP contribution in [0.2, 0.25) is 5.02 Å². The summed E-state index contributed by atoms with van der Waals surface area (Å²) in [5.41, 5.74) is 5.11. The predicted octanol–water partition coefficient (Wildman–Crippen LogP) is 5.99. The van der Waals surface area contributed by atoms with E-state index in [-0.39, 0.29) is 11.3 Å². The molecule has 0 radical (unpaired) electrons. The largest absolute Gasteiger partial charge is 0.505 e. The molecular weight excluding hydrogens is 574 g/mol. The van der Waals surface area contributed by atoms with Gasteiger partial charge < -0.3 is 19.8 Å². The van der Waals surface area contributed by atoms with Gasteiger partial charge in [-0.2, -0.15) is 0 Å². The number of hydrogen-bond acceptors (Lipinski definition) is 8. The normalized spacial score (nSPS) is 18.6. The van der Waals surface area contributed by atoms with Crippen LogP contribution in [0, 0.1) is 6.92 Å². The number of aromatic nitrogens is 2. The monoisotopic (exact) mass is 617 g/mol. The molecule has 5 rings (SSSR count). The lowest BCUT2D eigenvalue weighted by Gasteiger charge is -2.38. The number of anilines is 3. The van der Waals surface area contributed by atoms with E-state index < -0.39 is 0 Å². The maximum Gasteiger partial charge on any atom is 0.218 e. The van der Waals surface area contributed by atoms with Crippen molar-refractivity contribution >= 4 is 35.2 Å². The number of pyridine rings is 2. The number of rotatable bonds is 9. The number of likely N-dealkylation sites (tertiary alicyclic amines) is 1. The van der Waals surface area contributed by atoms with Gasteiger partial charge in [0.1, 0.15) is 11.4 Å². The minimum atomic E-state index is 0.0594. The van der Waals surface area contributed by atoms with Crippen LogP contribution in [-0.4, -0.2) is 90.7 Å². The molecule has 1 atom stereocenters. The first-order chi connectivity index (χ1) is 20.9. The molecule has 10 heteroatoms. The topological polar surface area (TPSA) is 79.3 Å². The summed E-state index contributed by atoms with van der Waals surface area (Å²) in [4.78, 5) is 31.9. The van der Waals surface area contributed by atoms with Crippen molar-refractivity contribution < 1.29 is 9.90 Å². The second kappa shape index (κ2) is 12.7. The third kappa shape index (κ3) is 6.08. The number of benzene rings is 1. The zero-order valence-electron chi connectivity index (χ0n) is 26.9. The molecular formula is C34H44ClN7O2. The van der Waals surface area contributed by atoms with E-state index in [1.54, 1.807) is 30.7 Å². The number of carbonyl (C=O) groups excluding carboxylic acids is 1. The smallest absolute Gasteiger partial charge is 0.218 e. The molecule has 1 N–H and O–H groups in total. The Bertz CT molecular complexity index is 1560. The molecule has 44 heavy (non-hydrogen) atoms. The lowest BCUT2D eigenvalue weighted by atomic mass is 9.94. The molecule has 2 aliphatic heterocycles. The highest BCUT2D eigenvalue weighted by Gasteiger charge is 2.47. The molecule has 0 bridgehead atoms. The van der Waals surface area contributed by atoms with E-state index in [1.165, 1.54) is 17.7 Å². The van der Waals surface area contributed by atoms with Crippen molar-refractivity contribution in [2.75, 3.05) is 62.5 Å². The summed E-state index contributed by atoms with van der Waals surface area (Å²) in [6.07, 6.45) is 9.50. The van der Waals surface area contributed by atoms with Gasteiger partial charge in [-0.1, -0.05) is 17.7 Å². The number of nitrogens with zero attached hydrogens (tertiary/aromatic N) is 7. The Morgan fingerprint density at radius 2 is 1.82 bits per heavy atom. The molecule has 2 saturated heterocycles. The van der Waals surface area contributed by atoms with Crippen LogP contribution in [0.4, 0.5) is 17.2 Å². The van der Waals surface area contributed by atoms with Crippen LogP contribution in [-0.2, 0) is 4.79 Å². The highest BCUT2D eigenvalue weighted by molar-refractivity contribution is 6.34. The number of hydrogen-bond donors (Lipinski definition) is 1. The maximum absolute atomic E-state index is 11.8. The zero-order chi connectivity index (χ0) is 31.8. The Labute approximate surface area is 266 Å².